The average molecular weight is 297 g/mol. The standard InChI is InChI=1S/C13H17BrN2O/c1-8(2)5-9-6-10(12(17)11(14)7-9)13-15-3-4-16-13/h6-8,17H,3-5H2,1-2H3,(H,15,16). The Morgan fingerprint density at radius 3 is 2.82 bits per heavy atom. The van der Waals surface area contributed by atoms with Gasteiger partial charge in [0.15, 0.2) is 0 Å². The topological polar surface area (TPSA) is 44.6 Å². The number of rotatable bonds is 3. The van der Waals surface area contributed by atoms with Gasteiger partial charge >= 0.3 is 0 Å². The molecule has 0 bridgehead atoms. The van der Waals surface area contributed by atoms with Crippen LogP contribution >= 0.6 is 15.9 Å². The summed E-state index contributed by atoms with van der Waals surface area (Å²) in [5, 5.41) is 13.2. The number of aliphatic imine (C=N–C) groups is 1. The van der Waals surface area contributed by atoms with Gasteiger partial charge in [0.25, 0.3) is 0 Å². The van der Waals surface area contributed by atoms with Gasteiger partial charge in [0.05, 0.1) is 16.6 Å². The van der Waals surface area contributed by atoms with Crippen LogP contribution in [0.25, 0.3) is 0 Å². The van der Waals surface area contributed by atoms with Crippen LogP contribution in [0.1, 0.15) is 25.0 Å². The van der Waals surface area contributed by atoms with Crippen molar-refractivity contribution in [3.05, 3.63) is 27.7 Å². The molecular weight excluding hydrogens is 280 g/mol. The summed E-state index contributed by atoms with van der Waals surface area (Å²) in [6.07, 6.45) is 0.999. The molecule has 0 amide bonds. The van der Waals surface area contributed by atoms with Gasteiger partial charge in [-0.2, -0.15) is 0 Å². The minimum Gasteiger partial charge on any atom is -0.506 e. The van der Waals surface area contributed by atoms with E-state index in [1.807, 2.05) is 12.1 Å². The molecule has 0 unspecified atom stereocenters. The third kappa shape index (κ3) is 2.80. The van der Waals surface area contributed by atoms with Crippen molar-refractivity contribution in [3.63, 3.8) is 0 Å². The van der Waals surface area contributed by atoms with Crippen molar-refractivity contribution in [1.29, 1.82) is 0 Å². The van der Waals surface area contributed by atoms with Gasteiger partial charge in [-0.1, -0.05) is 13.8 Å². The molecule has 1 aliphatic heterocycles. The van der Waals surface area contributed by atoms with Gasteiger partial charge in [0, 0.05) is 6.54 Å². The van der Waals surface area contributed by atoms with E-state index in [1.54, 1.807) is 0 Å². The predicted octanol–water partition coefficient (Wildman–Crippen LogP) is 2.70. The van der Waals surface area contributed by atoms with E-state index in [0.29, 0.717) is 5.92 Å². The Balaban J connectivity index is 2.39. The van der Waals surface area contributed by atoms with Crippen molar-refractivity contribution in [2.24, 2.45) is 10.9 Å². The fraction of sp³-hybridized carbons (Fsp3) is 0.462. The molecule has 92 valence electrons. The van der Waals surface area contributed by atoms with Crippen molar-refractivity contribution in [2.45, 2.75) is 20.3 Å². The van der Waals surface area contributed by atoms with Crippen LogP contribution in [-0.2, 0) is 6.42 Å². The molecule has 0 spiro atoms. The Hall–Kier alpha value is -1.03. The maximum absolute atomic E-state index is 10.0. The molecule has 1 aromatic carbocycles. The molecule has 0 radical (unpaired) electrons. The van der Waals surface area contributed by atoms with Crippen LogP contribution in [0.5, 0.6) is 5.75 Å². The smallest absolute Gasteiger partial charge is 0.140 e. The van der Waals surface area contributed by atoms with E-state index >= 15 is 0 Å². The molecule has 4 heteroatoms. The van der Waals surface area contributed by atoms with E-state index in [4.69, 9.17) is 0 Å². The molecule has 1 aromatic rings. The number of phenolic OH excluding ortho intramolecular Hbond substituents is 1. The molecule has 0 saturated heterocycles. The lowest BCUT2D eigenvalue weighted by atomic mass is 10.00. The summed E-state index contributed by atoms with van der Waals surface area (Å²) in [4.78, 5) is 4.35. The van der Waals surface area contributed by atoms with Gasteiger partial charge in [-0.15, -0.1) is 0 Å². The van der Waals surface area contributed by atoms with Crippen LogP contribution in [-0.4, -0.2) is 24.0 Å². The molecule has 0 aromatic heterocycles. The third-order valence-electron chi connectivity index (χ3n) is 2.70. The molecule has 0 saturated carbocycles. The molecule has 0 aliphatic carbocycles. The van der Waals surface area contributed by atoms with Crippen LogP contribution in [0.4, 0.5) is 0 Å². The quantitative estimate of drug-likeness (QED) is 0.901. The molecule has 3 nitrogen and oxygen atoms in total. The van der Waals surface area contributed by atoms with Gasteiger partial charge in [0.2, 0.25) is 0 Å². The first kappa shape index (κ1) is 12.4. The first-order valence-electron chi connectivity index (χ1n) is 5.88. The Bertz CT molecular complexity index is 455. The maximum Gasteiger partial charge on any atom is 0.140 e. The maximum atomic E-state index is 10.0. The fourth-order valence-corrected chi connectivity index (χ4v) is 2.51. The van der Waals surface area contributed by atoms with Crippen LogP contribution in [0.3, 0.4) is 0 Å². The summed E-state index contributed by atoms with van der Waals surface area (Å²) < 4.78 is 0.738. The van der Waals surface area contributed by atoms with E-state index in [1.165, 1.54) is 5.56 Å². The van der Waals surface area contributed by atoms with Gasteiger partial charge < -0.3 is 10.4 Å². The zero-order valence-electron chi connectivity index (χ0n) is 10.1. The first-order valence-corrected chi connectivity index (χ1v) is 6.67. The van der Waals surface area contributed by atoms with E-state index < -0.39 is 0 Å². The van der Waals surface area contributed by atoms with Crippen molar-refractivity contribution in [3.8, 4) is 5.75 Å². The molecular formula is C13H17BrN2O. The van der Waals surface area contributed by atoms with E-state index in [9.17, 15) is 5.11 Å². The number of amidine groups is 1. The number of nitrogens with one attached hydrogen (secondary N) is 1. The van der Waals surface area contributed by atoms with E-state index in [2.05, 4.69) is 40.1 Å². The van der Waals surface area contributed by atoms with Gasteiger partial charge in [-0.05, 0) is 46.0 Å². The summed E-state index contributed by atoms with van der Waals surface area (Å²) in [5.41, 5.74) is 2.02. The average Bonchev–Trinajstić information content (AvgIpc) is 2.75. The lowest BCUT2D eigenvalue weighted by Crippen LogP contribution is -2.20. The van der Waals surface area contributed by atoms with Crippen molar-refractivity contribution in [2.75, 3.05) is 13.1 Å². The van der Waals surface area contributed by atoms with Crippen molar-refractivity contribution in [1.82, 2.24) is 5.32 Å². The minimum atomic E-state index is 0.269. The lowest BCUT2D eigenvalue weighted by molar-refractivity contribution is 0.470. The normalized spacial score (nSPS) is 14.9. The summed E-state index contributed by atoms with van der Waals surface area (Å²) in [7, 11) is 0. The molecule has 1 aliphatic rings. The predicted molar refractivity (Wildman–Crippen MR) is 73.8 cm³/mol. The Morgan fingerprint density at radius 2 is 2.24 bits per heavy atom. The number of hydrogen-bond acceptors (Lipinski definition) is 3. The van der Waals surface area contributed by atoms with Crippen LogP contribution in [0.15, 0.2) is 21.6 Å². The number of halogens is 1. The third-order valence-corrected chi connectivity index (χ3v) is 3.30. The lowest BCUT2D eigenvalue weighted by Gasteiger charge is -2.12. The van der Waals surface area contributed by atoms with Crippen LogP contribution < -0.4 is 5.32 Å². The Labute approximate surface area is 110 Å². The molecule has 17 heavy (non-hydrogen) atoms. The highest BCUT2D eigenvalue weighted by Crippen LogP contribution is 2.31. The van der Waals surface area contributed by atoms with Gasteiger partial charge in [-0.25, -0.2) is 0 Å². The Morgan fingerprint density at radius 1 is 1.47 bits per heavy atom. The number of phenols is 1. The van der Waals surface area contributed by atoms with Gasteiger partial charge in [0.1, 0.15) is 11.6 Å². The summed E-state index contributed by atoms with van der Waals surface area (Å²) in [6, 6.07) is 4.01. The number of nitrogens with zero attached hydrogens (tertiary/aromatic N) is 1. The summed E-state index contributed by atoms with van der Waals surface area (Å²) in [6.45, 7) is 6.00. The van der Waals surface area contributed by atoms with Crippen molar-refractivity contribution >= 4 is 21.8 Å². The molecule has 2 N–H and O–H groups in total. The minimum absolute atomic E-state index is 0.269. The largest absolute Gasteiger partial charge is 0.506 e. The van der Waals surface area contributed by atoms with E-state index in [-0.39, 0.29) is 5.75 Å². The second-order valence-corrected chi connectivity index (χ2v) is 5.58. The highest BCUT2D eigenvalue weighted by Gasteiger charge is 2.16. The highest BCUT2D eigenvalue weighted by molar-refractivity contribution is 9.10. The molecule has 1 heterocycles. The molecule has 0 fully saturated rings. The van der Waals surface area contributed by atoms with Crippen LogP contribution in [0.2, 0.25) is 0 Å². The second-order valence-electron chi connectivity index (χ2n) is 4.73. The number of hydrogen-bond donors (Lipinski definition) is 2. The highest BCUT2D eigenvalue weighted by atomic mass is 79.9. The van der Waals surface area contributed by atoms with Gasteiger partial charge in [-0.3, -0.25) is 4.99 Å². The Kier molecular flexibility index (Phi) is 3.72. The van der Waals surface area contributed by atoms with Crippen LogP contribution in [0, 0.1) is 5.92 Å². The second kappa shape index (κ2) is 5.08. The number of aromatic hydroxyl groups is 1. The summed E-state index contributed by atoms with van der Waals surface area (Å²) >= 11 is 3.40. The zero-order chi connectivity index (χ0) is 12.4. The monoisotopic (exact) mass is 296 g/mol. The number of benzene rings is 1. The molecule has 2 rings (SSSR count). The SMILES string of the molecule is CC(C)Cc1cc(Br)c(O)c(C2=NCCN2)c1. The summed E-state index contributed by atoms with van der Waals surface area (Å²) in [5.74, 6) is 1.66. The fourth-order valence-electron chi connectivity index (χ4n) is 2.00. The molecule has 0 atom stereocenters. The van der Waals surface area contributed by atoms with Crippen molar-refractivity contribution < 1.29 is 5.11 Å². The first-order chi connectivity index (χ1) is 8.08. The van der Waals surface area contributed by atoms with E-state index in [0.717, 1.165) is 35.4 Å². The zero-order valence-corrected chi connectivity index (χ0v) is 11.7.